The van der Waals surface area contributed by atoms with Crippen LogP contribution in [-0.2, 0) is 27.2 Å². The van der Waals surface area contributed by atoms with Crippen molar-refractivity contribution in [1.82, 2.24) is 9.80 Å². The number of carbonyl (C=O) groups is 3. The number of phenolic OH excluding ortho intramolecular Hbond substituents is 1. The molecule has 4 atom stereocenters. The average molecular weight is 499 g/mol. The number of aliphatic hydroxyl groups is 3. The molecule has 0 amide bonds. The van der Waals surface area contributed by atoms with Crippen LogP contribution >= 0.6 is 0 Å². The maximum Gasteiger partial charge on any atom is 0.202 e. The zero-order chi connectivity index (χ0) is 26.7. The number of ketones is 3. The van der Waals surface area contributed by atoms with E-state index in [1.807, 2.05) is 20.2 Å². The Hall–Kier alpha value is -3.01. The van der Waals surface area contributed by atoms with E-state index in [2.05, 4.69) is 4.90 Å². The molecule has 4 N–H and O–H groups in total. The Morgan fingerprint density at radius 2 is 1.78 bits per heavy atom. The minimum Gasteiger partial charge on any atom is -0.508 e. The molecule has 9 heteroatoms. The first-order valence-corrected chi connectivity index (χ1v) is 12.2. The first kappa shape index (κ1) is 26.1. The third kappa shape index (κ3) is 3.77. The van der Waals surface area contributed by atoms with Crippen LogP contribution < -0.4 is 0 Å². The molecule has 1 aromatic carbocycles. The molecule has 4 rings (SSSR count). The van der Waals surface area contributed by atoms with Crippen LogP contribution in [0.5, 0.6) is 5.75 Å². The number of carbonyl (C=O) groups excluding carboxylic acids is 3. The van der Waals surface area contributed by atoms with Gasteiger partial charge in [-0.25, -0.2) is 0 Å². The van der Waals surface area contributed by atoms with Crippen LogP contribution in [0.15, 0.2) is 29.0 Å². The van der Waals surface area contributed by atoms with Gasteiger partial charge in [-0.1, -0.05) is 6.07 Å². The van der Waals surface area contributed by atoms with E-state index < -0.39 is 57.9 Å². The molecule has 0 saturated heterocycles. The van der Waals surface area contributed by atoms with Gasteiger partial charge in [0, 0.05) is 11.5 Å². The molecule has 36 heavy (non-hydrogen) atoms. The van der Waals surface area contributed by atoms with Crippen LogP contribution in [0.4, 0.5) is 0 Å². The third-order valence-corrected chi connectivity index (χ3v) is 7.86. The predicted octanol–water partition coefficient (Wildman–Crippen LogP) is 1.56. The monoisotopic (exact) mass is 498 g/mol. The van der Waals surface area contributed by atoms with Crippen LogP contribution in [0.1, 0.15) is 36.5 Å². The Kier molecular flexibility index (Phi) is 6.61. The molecule has 0 spiro atoms. The summed E-state index contributed by atoms with van der Waals surface area (Å²) in [6, 6.07) is 2.30. The Balaban J connectivity index is 1.88. The lowest BCUT2D eigenvalue weighted by molar-refractivity contribution is -0.153. The lowest BCUT2D eigenvalue weighted by atomic mass is 9.57. The second-order valence-corrected chi connectivity index (χ2v) is 10.7. The fourth-order valence-electron chi connectivity index (χ4n) is 6.23. The number of benzene rings is 1. The molecule has 9 nitrogen and oxygen atoms in total. The van der Waals surface area contributed by atoms with Crippen molar-refractivity contribution in [2.75, 3.05) is 34.7 Å². The van der Waals surface area contributed by atoms with Gasteiger partial charge in [-0.3, -0.25) is 19.3 Å². The highest BCUT2D eigenvalue weighted by Gasteiger charge is 2.64. The molecule has 3 aliphatic rings. The number of rotatable bonds is 6. The number of aliphatic hydroxyl groups excluding tert-OH is 2. The standard InChI is InChI=1S/C27H34N2O7/c1-13(30)19-24(33)22(29(4)5)17-12-15-11-16-14(7-6-10-28(2)3)8-9-18(31)21(16)23(32)20(15)26(35)27(17,36)25(19)34/h8-9,15,17,22,31-32,34,36H,6-7,10-12H2,1-5H3/t15-,17-,22-,27+/m0/s1. The van der Waals surface area contributed by atoms with E-state index in [-0.39, 0.29) is 23.3 Å². The number of Topliss-reactive ketones (excluding diaryl/α,β-unsaturated/α-hetero) is 3. The Morgan fingerprint density at radius 3 is 2.36 bits per heavy atom. The van der Waals surface area contributed by atoms with Crippen LogP contribution in [-0.4, -0.2) is 94.0 Å². The maximum absolute atomic E-state index is 13.8. The van der Waals surface area contributed by atoms with Crippen molar-refractivity contribution in [3.63, 3.8) is 0 Å². The van der Waals surface area contributed by atoms with Gasteiger partial charge in [0.25, 0.3) is 0 Å². The van der Waals surface area contributed by atoms with Crippen molar-refractivity contribution in [1.29, 1.82) is 0 Å². The summed E-state index contributed by atoms with van der Waals surface area (Å²) in [6.07, 6.45) is 2.02. The third-order valence-electron chi connectivity index (χ3n) is 7.86. The van der Waals surface area contributed by atoms with Gasteiger partial charge in [0.1, 0.15) is 22.8 Å². The Morgan fingerprint density at radius 1 is 1.11 bits per heavy atom. The molecular formula is C27H34N2O7. The number of nitrogens with zero attached hydrogens (tertiary/aromatic N) is 2. The van der Waals surface area contributed by atoms with Gasteiger partial charge >= 0.3 is 0 Å². The molecule has 0 unspecified atom stereocenters. The molecular weight excluding hydrogens is 464 g/mol. The summed E-state index contributed by atoms with van der Waals surface area (Å²) in [4.78, 5) is 42.9. The molecule has 1 saturated carbocycles. The van der Waals surface area contributed by atoms with E-state index in [1.165, 1.54) is 6.07 Å². The van der Waals surface area contributed by atoms with Crippen LogP contribution in [0.25, 0.3) is 5.76 Å². The van der Waals surface area contributed by atoms with Gasteiger partial charge in [0.15, 0.2) is 17.2 Å². The van der Waals surface area contributed by atoms with Crippen molar-refractivity contribution in [3.05, 3.63) is 45.7 Å². The molecule has 0 aliphatic heterocycles. The minimum atomic E-state index is -2.54. The average Bonchev–Trinajstić information content (AvgIpc) is 2.77. The number of hydrogen-bond acceptors (Lipinski definition) is 9. The van der Waals surface area contributed by atoms with E-state index >= 15 is 0 Å². The number of aromatic hydroxyl groups is 1. The van der Waals surface area contributed by atoms with Crippen molar-refractivity contribution >= 4 is 23.1 Å². The van der Waals surface area contributed by atoms with Gasteiger partial charge < -0.3 is 25.3 Å². The van der Waals surface area contributed by atoms with Gasteiger partial charge in [0.05, 0.1) is 11.6 Å². The lowest BCUT2D eigenvalue weighted by Crippen LogP contribution is -2.65. The molecule has 194 valence electrons. The van der Waals surface area contributed by atoms with Gasteiger partial charge in [0.2, 0.25) is 5.78 Å². The smallest absolute Gasteiger partial charge is 0.202 e. The number of phenols is 1. The normalized spacial score (nSPS) is 27.9. The minimum absolute atomic E-state index is 0.0942. The van der Waals surface area contributed by atoms with Crippen LogP contribution in [0.2, 0.25) is 0 Å². The highest BCUT2D eigenvalue weighted by atomic mass is 16.3. The van der Waals surface area contributed by atoms with Crippen LogP contribution in [0, 0.1) is 11.8 Å². The first-order valence-electron chi connectivity index (χ1n) is 12.2. The van der Waals surface area contributed by atoms with Gasteiger partial charge in [-0.15, -0.1) is 0 Å². The maximum atomic E-state index is 13.8. The summed E-state index contributed by atoms with van der Waals surface area (Å²) in [7, 11) is 7.20. The second-order valence-electron chi connectivity index (χ2n) is 10.7. The van der Waals surface area contributed by atoms with Gasteiger partial charge in [-0.05, 0) is 90.5 Å². The summed E-state index contributed by atoms with van der Waals surface area (Å²) in [5.41, 5.74) is -1.38. The topological polar surface area (TPSA) is 139 Å². The van der Waals surface area contributed by atoms with E-state index in [0.29, 0.717) is 12.8 Å². The molecule has 0 heterocycles. The SMILES string of the molecule is CC(=O)C1=C(O)[C@@]2(O)C(=O)C3=C(O)c4c(O)ccc(CCCN(C)C)c4C[C@H]3C[C@H]2[C@H](N(C)C)C1=O. The van der Waals surface area contributed by atoms with Crippen molar-refractivity contribution in [2.45, 2.75) is 44.2 Å². The van der Waals surface area contributed by atoms with Crippen molar-refractivity contribution < 1.29 is 34.8 Å². The summed E-state index contributed by atoms with van der Waals surface area (Å²) in [6.45, 7) is 1.95. The highest BCUT2D eigenvalue weighted by molar-refractivity contribution is 6.25. The van der Waals surface area contributed by atoms with E-state index in [1.54, 1.807) is 19.0 Å². The van der Waals surface area contributed by atoms with Gasteiger partial charge in [-0.2, -0.15) is 0 Å². The highest BCUT2D eigenvalue weighted by Crippen LogP contribution is 2.53. The number of likely N-dealkylation sites (N-methyl/N-ethyl adjacent to an activating group) is 1. The summed E-state index contributed by atoms with van der Waals surface area (Å²) in [5, 5.41) is 44.5. The number of fused-ring (bicyclic) bond motifs is 3. The Labute approximate surface area is 210 Å². The first-order chi connectivity index (χ1) is 16.8. The number of aryl methyl sites for hydroxylation is 1. The summed E-state index contributed by atoms with van der Waals surface area (Å²) < 4.78 is 0. The fraction of sp³-hybridized carbons (Fsp3) is 0.519. The van der Waals surface area contributed by atoms with Crippen molar-refractivity contribution in [2.24, 2.45) is 11.8 Å². The lowest BCUT2D eigenvalue weighted by Gasteiger charge is -2.50. The number of hydrogen-bond donors (Lipinski definition) is 4. The molecule has 3 aliphatic carbocycles. The molecule has 1 fully saturated rings. The molecule has 0 radical (unpaired) electrons. The quantitative estimate of drug-likeness (QED) is 0.430. The van der Waals surface area contributed by atoms with E-state index in [9.17, 15) is 34.8 Å². The predicted molar refractivity (Wildman–Crippen MR) is 133 cm³/mol. The van der Waals surface area contributed by atoms with E-state index in [0.717, 1.165) is 31.0 Å². The zero-order valence-electron chi connectivity index (χ0n) is 21.3. The molecule has 0 aromatic heterocycles. The van der Waals surface area contributed by atoms with Crippen molar-refractivity contribution in [3.8, 4) is 5.75 Å². The largest absolute Gasteiger partial charge is 0.508 e. The summed E-state index contributed by atoms with van der Waals surface area (Å²) >= 11 is 0. The fourth-order valence-corrected chi connectivity index (χ4v) is 6.23. The second kappa shape index (κ2) is 9.14. The van der Waals surface area contributed by atoms with E-state index in [4.69, 9.17) is 0 Å². The molecule has 0 bridgehead atoms. The summed E-state index contributed by atoms with van der Waals surface area (Å²) in [5.74, 6) is -5.46. The zero-order valence-corrected chi connectivity index (χ0v) is 21.3. The molecule has 1 aromatic rings. The Bertz CT molecular complexity index is 1210. The van der Waals surface area contributed by atoms with Crippen LogP contribution in [0.3, 0.4) is 0 Å².